The molecule has 0 radical (unpaired) electrons. The Balaban J connectivity index is 1.52. The highest BCUT2D eigenvalue weighted by Gasteiger charge is 2.15. The molecule has 1 aromatic heterocycles. The highest BCUT2D eigenvalue weighted by atomic mass is 16.5. The Kier molecular flexibility index (Phi) is 4.66. The molecule has 0 saturated carbocycles. The summed E-state index contributed by atoms with van der Waals surface area (Å²) in [5.41, 5.74) is 5.18. The molecule has 0 N–H and O–H groups in total. The number of ether oxygens (including phenoxy) is 2. The van der Waals surface area contributed by atoms with Crippen LogP contribution in [-0.4, -0.2) is 29.9 Å². The van der Waals surface area contributed by atoms with Crippen molar-refractivity contribution in [2.75, 3.05) is 14.2 Å². The number of hydrogen-bond donors (Lipinski definition) is 0. The van der Waals surface area contributed by atoms with Crippen LogP contribution in [0.5, 0.6) is 11.5 Å². The molecule has 0 amide bonds. The van der Waals surface area contributed by atoms with E-state index in [1.165, 1.54) is 0 Å². The van der Waals surface area contributed by atoms with Gasteiger partial charge < -0.3 is 9.47 Å². The number of aromatic nitrogens is 2. The minimum atomic E-state index is 0.641. The van der Waals surface area contributed by atoms with Crippen LogP contribution < -0.4 is 9.47 Å². The van der Waals surface area contributed by atoms with Gasteiger partial charge in [-0.15, -0.1) is 0 Å². The van der Waals surface area contributed by atoms with Gasteiger partial charge in [0.25, 0.3) is 0 Å². The molecule has 2 aromatic carbocycles. The van der Waals surface area contributed by atoms with Gasteiger partial charge in [-0.1, -0.05) is 30.3 Å². The predicted octanol–water partition coefficient (Wildman–Crippen LogP) is 4.39. The Bertz CT molecular complexity index is 1010. The number of methoxy groups -OCH3 is 2. The van der Waals surface area contributed by atoms with Crippen LogP contribution in [0.4, 0.5) is 0 Å². The highest BCUT2D eigenvalue weighted by molar-refractivity contribution is 6.09. The number of hydrogen-bond acceptors (Lipinski definition) is 5. The van der Waals surface area contributed by atoms with Crippen LogP contribution in [0.25, 0.3) is 17.0 Å². The molecule has 0 unspecified atom stereocenters. The van der Waals surface area contributed by atoms with Crippen LogP contribution in [0.2, 0.25) is 0 Å². The van der Waals surface area contributed by atoms with Gasteiger partial charge in [-0.3, -0.25) is 4.99 Å². The summed E-state index contributed by atoms with van der Waals surface area (Å²) in [6.45, 7) is 0. The molecule has 0 atom stereocenters. The van der Waals surface area contributed by atoms with Gasteiger partial charge in [0.15, 0.2) is 17.3 Å². The van der Waals surface area contributed by atoms with Gasteiger partial charge in [-0.05, 0) is 29.3 Å². The van der Waals surface area contributed by atoms with Crippen molar-refractivity contribution < 1.29 is 9.47 Å². The Morgan fingerprint density at radius 3 is 2.22 bits per heavy atom. The minimum absolute atomic E-state index is 0.641. The molecule has 0 spiro atoms. The average Bonchev–Trinajstić information content (AvgIpc) is 3.24. The number of nitrogens with zero attached hydrogens (tertiary/aromatic N) is 3. The van der Waals surface area contributed by atoms with Gasteiger partial charge >= 0.3 is 0 Å². The highest BCUT2D eigenvalue weighted by Crippen LogP contribution is 2.31. The van der Waals surface area contributed by atoms with Crippen molar-refractivity contribution >= 4 is 11.3 Å². The van der Waals surface area contributed by atoms with Gasteiger partial charge in [-0.2, -0.15) is 0 Å². The van der Waals surface area contributed by atoms with Crippen molar-refractivity contribution in [3.05, 3.63) is 78.3 Å². The van der Waals surface area contributed by atoms with E-state index in [0.717, 1.165) is 34.4 Å². The molecule has 0 fully saturated rings. The lowest BCUT2D eigenvalue weighted by Crippen LogP contribution is -1.98. The topological polar surface area (TPSA) is 56.6 Å². The van der Waals surface area contributed by atoms with Crippen LogP contribution in [0, 0.1) is 0 Å². The molecule has 27 heavy (non-hydrogen) atoms. The summed E-state index contributed by atoms with van der Waals surface area (Å²) in [7, 11) is 3.23. The first-order valence-corrected chi connectivity index (χ1v) is 8.64. The van der Waals surface area contributed by atoms with Crippen molar-refractivity contribution in [3.8, 4) is 22.9 Å². The summed E-state index contributed by atoms with van der Waals surface area (Å²) >= 11 is 0. The van der Waals surface area contributed by atoms with Crippen LogP contribution in [-0.2, 0) is 0 Å². The van der Waals surface area contributed by atoms with Crippen LogP contribution >= 0.6 is 0 Å². The molecular weight excluding hydrogens is 338 g/mol. The summed E-state index contributed by atoms with van der Waals surface area (Å²) in [5, 5.41) is 0. The fourth-order valence-corrected chi connectivity index (χ4v) is 3.03. The maximum atomic E-state index is 5.35. The minimum Gasteiger partial charge on any atom is -0.493 e. The van der Waals surface area contributed by atoms with Crippen LogP contribution in [0.15, 0.2) is 72.1 Å². The third kappa shape index (κ3) is 3.44. The van der Waals surface area contributed by atoms with E-state index in [1.54, 1.807) is 14.2 Å². The van der Waals surface area contributed by atoms with E-state index in [1.807, 2.05) is 55.0 Å². The summed E-state index contributed by atoms with van der Waals surface area (Å²) in [4.78, 5) is 13.6. The molecule has 1 aliphatic rings. The number of allylic oxidation sites excluding steroid dienone is 1. The zero-order valence-corrected chi connectivity index (χ0v) is 15.2. The molecule has 5 nitrogen and oxygen atoms in total. The molecule has 3 aromatic rings. The van der Waals surface area contributed by atoms with Crippen molar-refractivity contribution in [2.24, 2.45) is 4.99 Å². The third-order valence-corrected chi connectivity index (χ3v) is 4.51. The Morgan fingerprint density at radius 1 is 0.778 bits per heavy atom. The predicted molar refractivity (Wildman–Crippen MR) is 106 cm³/mol. The van der Waals surface area contributed by atoms with Crippen LogP contribution in [0.1, 0.15) is 17.5 Å². The Morgan fingerprint density at radius 2 is 1.52 bits per heavy atom. The standard InChI is InChI=1S/C22H19N3O2/c1-26-20-9-8-16(11-21(20)27-2)22-24-13-18(14-25-22)17-10-19(23-12-17)15-6-4-3-5-7-15/h3-9,11-14H,10H2,1-2H3. The lowest BCUT2D eigenvalue weighted by Gasteiger charge is -2.09. The molecular formula is C22H19N3O2. The first kappa shape index (κ1) is 17.0. The quantitative estimate of drug-likeness (QED) is 0.679. The second kappa shape index (κ2) is 7.41. The fourth-order valence-electron chi connectivity index (χ4n) is 3.03. The van der Waals surface area contributed by atoms with Crippen molar-refractivity contribution in [3.63, 3.8) is 0 Å². The smallest absolute Gasteiger partial charge is 0.161 e. The number of aliphatic imine (C=N–C) groups is 1. The van der Waals surface area contributed by atoms with Crippen molar-refractivity contribution in [2.45, 2.75) is 6.42 Å². The molecule has 2 heterocycles. The second-order valence-corrected chi connectivity index (χ2v) is 6.14. The van der Waals surface area contributed by atoms with E-state index in [0.29, 0.717) is 17.3 Å². The lowest BCUT2D eigenvalue weighted by molar-refractivity contribution is 0.355. The van der Waals surface area contributed by atoms with E-state index in [-0.39, 0.29) is 0 Å². The molecule has 4 rings (SSSR count). The number of rotatable bonds is 5. The van der Waals surface area contributed by atoms with E-state index in [4.69, 9.17) is 9.47 Å². The van der Waals surface area contributed by atoms with Gasteiger partial charge in [0.05, 0.1) is 19.9 Å². The van der Waals surface area contributed by atoms with Gasteiger partial charge in [0.2, 0.25) is 0 Å². The molecule has 1 aliphatic heterocycles. The van der Waals surface area contributed by atoms with E-state index >= 15 is 0 Å². The largest absolute Gasteiger partial charge is 0.493 e. The fraction of sp³-hybridized carbons (Fsp3) is 0.136. The normalized spacial score (nSPS) is 13.1. The first-order valence-electron chi connectivity index (χ1n) is 8.64. The van der Waals surface area contributed by atoms with E-state index in [2.05, 4.69) is 27.1 Å². The molecule has 5 heteroatoms. The first-order chi connectivity index (χ1) is 13.3. The zero-order chi connectivity index (χ0) is 18.6. The Hall–Kier alpha value is -3.47. The maximum Gasteiger partial charge on any atom is 0.161 e. The summed E-state index contributed by atoms with van der Waals surface area (Å²) < 4.78 is 10.6. The van der Waals surface area contributed by atoms with E-state index < -0.39 is 0 Å². The number of benzene rings is 2. The monoisotopic (exact) mass is 357 g/mol. The third-order valence-electron chi connectivity index (χ3n) is 4.51. The van der Waals surface area contributed by atoms with Crippen LogP contribution in [0.3, 0.4) is 0 Å². The second-order valence-electron chi connectivity index (χ2n) is 6.14. The average molecular weight is 357 g/mol. The van der Waals surface area contributed by atoms with E-state index in [9.17, 15) is 0 Å². The van der Waals surface area contributed by atoms with Crippen molar-refractivity contribution in [1.29, 1.82) is 0 Å². The summed E-state index contributed by atoms with van der Waals surface area (Å²) in [6, 6.07) is 15.9. The van der Waals surface area contributed by atoms with Crippen molar-refractivity contribution in [1.82, 2.24) is 9.97 Å². The molecule has 0 bridgehead atoms. The van der Waals surface area contributed by atoms with Gasteiger partial charge in [-0.25, -0.2) is 9.97 Å². The summed E-state index contributed by atoms with van der Waals surface area (Å²) in [6.07, 6.45) is 6.36. The maximum absolute atomic E-state index is 5.35. The zero-order valence-electron chi connectivity index (χ0n) is 15.2. The Labute approximate surface area is 158 Å². The lowest BCUT2D eigenvalue weighted by atomic mass is 10.0. The molecule has 0 saturated heterocycles. The molecule has 0 aliphatic carbocycles. The van der Waals surface area contributed by atoms with Gasteiger partial charge in [0, 0.05) is 36.1 Å². The molecule has 134 valence electrons. The summed E-state index contributed by atoms with van der Waals surface area (Å²) in [5.74, 6) is 1.98. The van der Waals surface area contributed by atoms with Gasteiger partial charge in [0.1, 0.15) is 0 Å². The SMILES string of the molecule is COc1ccc(-c2ncc(C3=CN=C(c4ccccc4)C3)cn2)cc1OC.